The lowest BCUT2D eigenvalue weighted by Gasteiger charge is -2.24. The van der Waals surface area contributed by atoms with Gasteiger partial charge in [0.1, 0.15) is 5.52 Å². The minimum Gasteiger partial charge on any atom is -0.449 e. The fraction of sp³-hybridized carbons (Fsp3) is 0.412. The van der Waals surface area contributed by atoms with E-state index in [-0.39, 0.29) is 18.0 Å². The van der Waals surface area contributed by atoms with E-state index in [9.17, 15) is 4.79 Å². The van der Waals surface area contributed by atoms with Gasteiger partial charge in [-0.15, -0.1) is 5.10 Å². The Hall–Kier alpha value is -2.74. The highest BCUT2D eigenvalue weighted by atomic mass is 16.3. The fourth-order valence-electron chi connectivity index (χ4n) is 3.38. The fourth-order valence-corrected chi connectivity index (χ4v) is 3.38. The number of hydrogen-bond donors (Lipinski definition) is 0. The third kappa shape index (κ3) is 2.78. The Bertz CT molecular complexity index is 901. The molecule has 3 aromatic heterocycles. The Kier molecular flexibility index (Phi) is 3.76. The summed E-state index contributed by atoms with van der Waals surface area (Å²) in [7, 11) is 4.02. The Balaban J connectivity index is 1.61. The van der Waals surface area contributed by atoms with Crippen molar-refractivity contribution in [1.82, 2.24) is 29.8 Å². The lowest BCUT2D eigenvalue weighted by atomic mass is 10.1. The van der Waals surface area contributed by atoms with Crippen molar-refractivity contribution in [3.8, 4) is 0 Å². The number of aromatic nitrogens is 4. The van der Waals surface area contributed by atoms with E-state index in [0.29, 0.717) is 29.9 Å². The smallest absolute Gasteiger partial charge is 0.289 e. The molecule has 130 valence electrons. The Morgan fingerprint density at radius 1 is 1.32 bits per heavy atom. The molecule has 0 aromatic carbocycles. The summed E-state index contributed by atoms with van der Waals surface area (Å²) in [5.41, 5.74) is 2.23. The summed E-state index contributed by atoms with van der Waals surface area (Å²) in [5, 5.41) is 8.00. The van der Waals surface area contributed by atoms with Crippen LogP contribution in [0.3, 0.4) is 0 Å². The van der Waals surface area contributed by atoms with E-state index in [0.717, 1.165) is 5.69 Å². The van der Waals surface area contributed by atoms with Gasteiger partial charge in [-0.2, -0.15) is 0 Å². The van der Waals surface area contributed by atoms with Crippen LogP contribution in [-0.4, -0.2) is 68.9 Å². The number of carbonyl (C=O) groups is 1. The van der Waals surface area contributed by atoms with Crippen molar-refractivity contribution >= 4 is 17.0 Å². The Labute approximate surface area is 145 Å². The van der Waals surface area contributed by atoms with Crippen LogP contribution in [0.4, 0.5) is 0 Å². The number of hydrogen-bond acceptors (Lipinski definition) is 6. The number of likely N-dealkylation sites (N-methyl/N-ethyl adjacent to an activating group) is 1. The van der Waals surface area contributed by atoms with Crippen LogP contribution in [-0.2, 0) is 0 Å². The average Bonchev–Trinajstić information content (AvgIpc) is 3.31. The molecule has 2 atom stereocenters. The van der Waals surface area contributed by atoms with Crippen molar-refractivity contribution in [2.45, 2.75) is 19.0 Å². The third-order valence-corrected chi connectivity index (χ3v) is 4.71. The van der Waals surface area contributed by atoms with E-state index < -0.39 is 0 Å². The lowest BCUT2D eigenvalue weighted by molar-refractivity contribution is 0.0751. The van der Waals surface area contributed by atoms with Crippen molar-refractivity contribution in [2.75, 3.05) is 27.2 Å². The highest BCUT2D eigenvalue weighted by Crippen LogP contribution is 2.27. The number of amides is 1. The maximum Gasteiger partial charge on any atom is 0.289 e. The molecule has 0 saturated carbocycles. The predicted molar refractivity (Wildman–Crippen MR) is 91.2 cm³/mol. The minimum absolute atomic E-state index is 0.0613. The molecule has 1 aliphatic heterocycles. The molecule has 0 aliphatic carbocycles. The highest BCUT2D eigenvalue weighted by Gasteiger charge is 2.39. The zero-order valence-corrected chi connectivity index (χ0v) is 14.5. The third-order valence-electron chi connectivity index (χ3n) is 4.71. The summed E-state index contributed by atoms with van der Waals surface area (Å²) in [6, 6.07) is 5.66. The minimum atomic E-state index is -0.120. The molecule has 1 saturated heterocycles. The van der Waals surface area contributed by atoms with Crippen LogP contribution >= 0.6 is 0 Å². The number of nitrogens with zero attached hydrogens (tertiary/aromatic N) is 6. The van der Waals surface area contributed by atoms with Crippen LogP contribution in [0.2, 0.25) is 0 Å². The number of fused-ring (bicyclic) bond motifs is 1. The monoisotopic (exact) mass is 340 g/mol. The van der Waals surface area contributed by atoms with Crippen LogP contribution < -0.4 is 0 Å². The van der Waals surface area contributed by atoms with Crippen molar-refractivity contribution in [2.24, 2.45) is 0 Å². The summed E-state index contributed by atoms with van der Waals surface area (Å²) in [4.78, 5) is 21.3. The van der Waals surface area contributed by atoms with E-state index in [1.54, 1.807) is 12.3 Å². The number of pyridine rings is 1. The maximum atomic E-state index is 12.9. The lowest BCUT2D eigenvalue weighted by Crippen LogP contribution is -2.37. The largest absolute Gasteiger partial charge is 0.449 e. The Morgan fingerprint density at radius 3 is 2.88 bits per heavy atom. The van der Waals surface area contributed by atoms with E-state index in [4.69, 9.17) is 4.42 Å². The van der Waals surface area contributed by atoms with Crippen molar-refractivity contribution in [3.63, 3.8) is 0 Å². The molecule has 0 spiro atoms. The van der Waals surface area contributed by atoms with Crippen LogP contribution in [0.1, 0.15) is 22.3 Å². The second kappa shape index (κ2) is 5.96. The van der Waals surface area contributed by atoms with E-state index in [1.807, 2.05) is 48.9 Å². The van der Waals surface area contributed by atoms with Crippen LogP contribution in [0.5, 0.6) is 0 Å². The first kappa shape index (κ1) is 15.8. The average molecular weight is 340 g/mol. The van der Waals surface area contributed by atoms with Gasteiger partial charge in [0.15, 0.2) is 11.3 Å². The molecule has 0 bridgehead atoms. The first-order chi connectivity index (χ1) is 12.0. The number of carbonyl (C=O) groups excluding carboxylic acids is 1. The van der Waals surface area contributed by atoms with Gasteiger partial charge in [0.05, 0.1) is 18.3 Å². The zero-order chi connectivity index (χ0) is 17.6. The van der Waals surface area contributed by atoms with Crippen molar-refractivity contribution in [3.05, 3.63) is 42.0 Å². The summed E-state index contributed by atoms with van der Waals surface area (Å²) >= 11 is 0. The van der Waals surface area contributed by atoms with Gasteiger partial charge >= 0.3 is 0 Å². The molecular formula is C17H20N6O2. The van der Waals surface area contributed by atoms with Gasteiger partial charge < -0.3 is 14.2 Å². The van der Waals surface area contributed by atoms with Gasteiger partial charge in [-0.1, -0.05) is 5.21 Å². The van der Waals surface area contributed by atoms with Crippen LogP contribution in [0, 0.1) is 6.92 Å². The van der Waals surface area contributed by atoms with Gasteiger partial charge in [-0.25, -0.2) is 9.67 Å². The molecule has 4 heterocycles. The molecule has 8 heteroatoms. The number of likely N-dealkylation sites (tertiary alicyclic amines) is 1. The van der Waals surface area contributed by atoms with E-state index in [2.05, 4.69) is 20.2 Å². The van der Waals surface area contributed by atoms with Crippen LogP contribution in [0.25, 0.3) is 11.1 Å². The van der Waals surface area contributed by atoms with E-state index >= 15 is 0 Å². The molecule has 25 heavy (non-hydrogen) atoms. The number of furan rings is 1. The first-order valence-electron chi connectivity index (χ1n) is 8.21. The topological polar surface area (TPSA) is 80.3 Å². The van der Waals surface area contributed by atoms with Crippen molar-refractivity contribution < 1.29 is 9.21 Å². The molecular weight excluding hydrogens is 320 g/mol. The van der Waals surface area contributed by atoms with Gasteiger partial charge in [0, 0.05) is 31.0 Å². The molecule has 0 radical (unpaired) electrons. The highest BCUT2D eigenvalue weighted by molar-refractivity contribution is 5.95. The molecule has 1 aliphatic rings. The molecule has 0 N–H and O–H groups in total. The summed E-state index contributed by atoms with van der Waals surface area (Å²) in [5.74, 6) is 0.204. The predicted octanol–water partition coefficient (Wildman–Crippen LogP) is 1.36. The standard InChI is InChI=1S/C17H20N6O2/c1-11-4-5-15-12(19-11)8-16(25-15)17(24)22-9-13(21(2)3)14(10-22)23-7-6-18-20-23/h4-8,13-14H,9-10H2,1-3H3/t13-,14+/m1/s1. The first-order valence-corrected chi connectivity index (χ1v) is 8.21. The SMILES string of the molecule is Cc1ccc2oc(C(=O)N3C[C@@H](N(C)C)[C@@H](n4ccnn4)C3)cc2n1. The Morgan fingerprint density at radius 2 is 2.16 bits per heavy atom. The van der Waals surface area contributed by atoms with Crippen LogP contribution in [0.15, 0.2) is 35.0 Å². The summed E-state index contributed by atoms with van der Waals surface area (Å²) < 4.78 is 7.54. The quantitative estimate of drug-likeness (QED) is 0.716. The van der Waals surface area contributed by atoms with Gasteiger partial charge in [-0.3, -0.25) is 4.79 Å². The molecule has 1 fully saturated rings. The molecule has 3 aromatic rings. The van der Waals surface area contributed by atoms with E-state index in [1.165, 1.54) is 0 Å². The summed E-state index contributed by atoms with van der Waals surface area (Å²) in [6.07, 6.45) is 3.49. The molecule has 8 nitrogen and oxygen atoms in total. The number of aryl methyl sites for hydroxylation is 1. The normalized spacial score (nSPS) is 20.7. The number of rotatable bonds is 3. The maximum absolute atomic E-state index is 12.9. The summed E-state index contributed by atoms with van der Waals surface area (Å²) in [6.45, 7) is 3.09. The second-order valence-corrected chi connectivity index (χ2v) is 6.64. The van der Waals surface area contributed by atoms with Gasteiger partial charge in [0.25, 0.3) is 5.91 Å². The molecule has 1 amide bonds. The zero-order valence-electron chi connectivity index (χ0n) is 14.5. The molecule has 4 rings (SSSR count). The van der Waals surface area contributed by atoms with Gasteiger partial charge in [0.2, 0.25) is 0 Å². The van der Waals surface area contributed by atoms with Gasteiger partial charge in [-0.05, 0) is 33.2 Å². The molecule has 0 unspecified atom stereocenters. The second-order valence-electron chi connectivity index (χ2n) is 6.64. The van der Waals surface area contributed by atoms with Crippen molar-refractivity contribution in [1.29, 1.82) is 0 Å².